The van der Waals surface area contributed by atoms with Crippen molar-refractivity contribution in [1.82, 2.24) is 10.3 Å². The summed E-state index contributed by atoms with van der Waals surface area (Å²) in [5.74, 6) is -1.08. The van der Waals surface area contributed by atoms with Crippen molar-refractivity contribution >= 4 is 11.9 Å². The zero-order valence-electron chi connectivity index (χ0n) is 15.1. The summed E-state index contributed by atoms with van der Waals surface area (Å²) in [5.41, 5.74) is 2.57. The van der Waals surface area contributed by atoms with Gasteiger partial charge in [-0.1, -0.05) is 18.2 Å². The fourth-order valence-electron chi connectivity index (χ4n) is 2.51. The molecule has 0 radical (unpaired) electrons. The fourth-order valence-corrected chi connectivity index (χ4v) is 2.51. The summed E-state index contributed by atoms with van der Waals surface area (Å²) >= 11 is 0. The smallest absolute Gasteiger partial charge is 0.308 e. The molecule has 2 N–H and O–H groups in total. The molecule has 0 saturated heterocycles. The average molecular weight is 356 g/mol. The van der Waals surface area contributed by atoms with Crippen molar-refractivity contribution in [3.63, 3.8) is 0 Å². The highest BCUT2D eigenvalue weighted by Crippen LogP contribution is 2.15. The van der Waals surface area contributed by atoms with Crippen molar-refractivity contribution in [2.45, 2.75) is 26.7 Å². The van der Waals surface area contributed by atoms with Crippen LogP contribution < -0.4 is 10.1 Å². The van der Waals surface area contributed by atoms with E-state index in [-0.39, 0.29) is 18.9 Å². The van der Waals surface area contributed by atoms with E-state index in [1.165, 1.54) is 0 Å². The maximum absolute atomic E-state index is 12.0. The Morgan fingerprint density at radius 1 is 1.15 bits per heavy atom. The zero-order chi connectivity index (χ0) is 18.9. The van der Waals surface area contributed by atoms with Gasteiger partial charge in [-0.2, -0.15) is 0 Å². The second kappa shape index (κ2) is 9.56. The highest BCUT2D eigenvalue weighted by atomic mass is 16.5. The normalized spacial score (nSPS) is 11.6. The fraction of sp³-hybridized carbons (Fsp3) is 0.350. The Kier molecular flexibility index (Phi) is 7.14. The van der Waals surface area contributed by atoms with Gasteiger partial charge in [0.15, 0.2) is 0 Å². The molecule has 0 aliphatic heterocycles. The van der Waals surface area contributed by atoms with Crippen LogP contribution in [0.3, 0.4) is 0 Å². The molecule has 0 fully saturated rings. The second-order valence-corrected chi connectivity index (χ2v) is 6.10. The molecule has 6 heteroatoms. The number of pyridine rings is 1. The van der Waals surface area contributed by atoms with Crippen LogP contribution in [0.25, 0.3) is 0 Å². The van der Waals surface area contributed by atoms with E-state index < -0.39 is 11.9 Å². The van der Waals surface area contributed by atoms with Crippen LogP contribution in [0.1, 0.15) is 23.7 Å². The number of aryl methyl sites for hydroxylation is 1. The number of hydrogen-bond donors (Lipinski definition) is 2. The van der Waals surface area contributed by atoms with Crippen LogP contribution in [0.4, 0.5) is 0 Å². The molecule has 138 valence electrons. The number of carbonyl (C=O) groups excluding carboxylic acids is 1. The molecule has 1 atom stereocenters. The molecule has 0 aliphatic rings. The lowest BCUT2D eigenvalue weighted by atomic mass is 9.99. The summed E-state index contributed by atoms with van der Waals surface area (Å²) in [6.45, 7) is 4.45. The highest BCUT2D eigenvalue weighted by molar-refractivity contribution is 5.79. The minimum Gasteiger partial charge on any atom is -0.494 e. The third kappa shape index (κ3) is 6.20. The van der Waals surface area contributed by atoms with Crippen LogP contribution in [0.2, 0.25) is 0 Å². The molecule has 1 amide bonds. The van der Waals surface area contributed by atoms with Gasteiger partial charge in [0.25, 0.3) is 0 Å². The van der Waals surface area contributed by atoms with Gasteiger partial charge in [-0.3, -0.25) is 14.6 Å². The van der Waals surface area contributed by atoms with Crippen molar-refractivity contribution in [3.8, 4) is 5.75 Å². The lowest BCUT2D eigenvalue weighted by Gasteiger charge is -2.14. The molecule has 1 aromatic heterocycles. The Balaban J connectivity index is 1.88. The number of nitrogens with zero attached hydrogens (tertiary/aromatic N) is 1. The molecule has 0 saturated carbocycles. The minimum absolute atomic E-state index is 0.0840. The summed E-state index contributed by atoms with van der Waals surface area (Å²) in [6.07, 6.45) is 2.18. The van der Waals surface area contributed by atoms with Crippen molar-refractivity contribution in [2.75, 3.05) is 13.2 Å². The summed E-state index contributed by atoms with van der Waals surface area (Å²) in [4.78, 5) is 27.7. The quantitative estimate of drug-likeness (QED) is 0.720. The van der Waals surface area contributed by atoms with Crippen LogP contribution in [0.15, 0.2) is 42.6 Å². The van der Waals surface area contributed by atoms with E-state index >= 15 is 0 Å². The molecule has 1 aromatic carbocycles. The van der Waals surface area contributed by atoms with E-state index in [0.717, 1.165) is 22.6 Å². The first-order valence-corrected chi connectivity index (χ1v) is 8.60. The summed E-state index contributed by atoms with van der Waals surface area (Å²) in [6, 6.07) is 11.0. The molecule has 2 aromatic rings. The lowest BCUT2D eigenvalue weighted by molar-refractivity contribution is -0.141. The predicted octanol–water partition coefficient (Wildman–Crippen LogP) is 2.39. The van der Waals surface area contributed by atoms with Crippen molar-refractivity contribution < 1.29 is 19.4 Å². The number of carboxylic acids is 1. The first-order valence-electron chi connectivity index (χ1n) is 8.60. The van der Waals surface area contributed by atoms with Crippen LogP contribution in [0, 0.1) is 12.8 Å². The van der Waals surface area contributed by atoms with Gasteiger partial charge in [-0.05, 0) is 49.6 Å². The van der Waals surface area contributed by atoms with Gasteiger partial charge in [0.2, 0.25) is 5.91 Å². The molecule has 0 bridgehead atoms. The number of aromatic nitrogens is 1. The Bertz CT molecular complexity index is 726. The van der Waals surface area contributed by atoms with E-state index in [9.17, 15) is 14.7 Å². The largest absolute Gasteiger partial charge is 0.494 e. The van der Waals surface area contributed by atoms with Crippen LogP contribution in [-0.2, 0) is 22.4 Å². The third-order valence-electron chi connectivity index (χ3n) is 3.95. The number of carboxylic acid groups (broad SMARTS) is 1. The number of benzene rings is 1. The van der Waals surface area contributed by atoms with Crippen molar-refractivity contribution in [3.05, 3.63) is 59.4 Å². The van der Waals surface area contributed by atoms with E-state index in [1.807, 2.05) is 50.2 Å². The van der Waals surface area contributed by atoms with Crippen LogP contribution >= 0.6 is 0 Å². The molecule has 2 rings (SSSR count). The van der Waals surface area contributed by atoms with Gasteiger partial charge >= 0.3 is 5.97 Å². The van der Waals surface area contributed by atoms with Crippen molar-refractivity contribution in [2.24, 2.45) is 5.92 Å². The molecule has 26 heavy (non-hydrogen) atoms. The third-order valence-corrected chi connectivity index (χ3v) is 3.95. The van der Waals surface area contributed by atoms with Crippen molar-refractivity contribution in [1.29, 1.82) is 0 Å². The van der Waals surface area contributed by atoms with Gasteiger partial charge in [0.1, 0.15) is 5.75 Å². The molecule has 0 aliphatic carbocycles. The zero-order valence-corrected chi connectivity index (χ0v) is 15.1. The minimum atomic E-state index is -0.934. The van der Waals surface area contributed by atoms with E-state index in [4.69, 9.17) is 4.74 Å². The van der Waals surface area contributed by atoms with Gasteiger partial charge in [-0.15, -0.1) is 0 Å². The topological polar surface area (TPSA) is 88.5 Å². The molecule has 1 unspecified atom stereocenters. The first-order chi connectivity index (χ1) is 12.5. The van der Waals surface area contributed by atoms with Gasteiger partial charge < -0.3 is 15.2 Å². The number of aliphatic carboxylic acids is 1. The molecule has 1 heterocycles. The maximum Gasteiger partial charge on any atom is 0.308 e. The van der Waals surface area contributed by atoms with Gasteiger partial charge in [-0.25, -0.2) is 0 Å². The lowest BCUT2D eigenvalue weighted by Crippen LogP contribution is -2.34. The Morgan fingerprint density at radius 2 is 1.85 bits per heavy atom. The molecular weight excluding hydrogens is 332 g/mol. The van der Waals surface area contributed by atoms with E-state index in [2.05, 4.69) is 10.3 Å². The van der Waals surface area contributed by atoms with Gasteiger partial charge in [0.05, 0.1) is 18.9 Å². The SMILES string of the molecule is CCOc1ccc(CC(CNC(=O)Cc2ccc(C)nc2)C(=O)O)cc1. The van der Waals surface area contributed by atoms with Gasteiger partial charge in [0, 0.05) is 18.4 Å². The number of carbonyl (C=O) groups is 2. The number of nitrogens with one attached hydrogen (secondary N) is 1. The first kappa shape index (κ1) is 19.4. The van der Waals surface area contributed by atoms with Crippen LogP contribution in [-0.4, -0.2) is 35.1 Å². The summed E-state index contributed by atoms with van der Waals surface area (Å²) in [5, 5.41) is 12.1. The number of rotatable bonds is 9. The number of amides is 1. The molecule has 0 spiro atoms. The predicted molar refractivity (Wildman–Crippen MR) is 98.1 cm³/mol. The summed E-state index contributed by atoms with van der Waals surface area (Å²) in [7, 11) is 0. The Hall–Kier alpha value is -2.89. The summed E-state index contributed by atoms with van der Waals surface area (Å²) < 4.78 is 5.38. The monoisotopic (exact) mass is 356 g/mol. The second-order valence-electron chi connectivity index (χ2n) is 6.10. The van der Waals surface area contributed by atoms with E-state index in [0.29, 0.717) is 13.0 Å². The Labute approximate surface area is 153 Å². The maximum atomic E-state index is 12.0. The Morgan fingerprint density at radius 3 is 2.42 bits per heavy atom. The average Bonchev–Trinajstić information content (AvgIpc) is 2.62. The van der Waals surface area contributed by atoms with E-state index in [1.54, 1.807) is 6.20 Å². The number of hydrogen-bond acceptors (Lipinski definition) is 4. The molecular formula is C20H24N2O4. The number of ether oxygens (including phenoxy) is 1. The standard InChI is InChI=1S/C20H24N2O4/c1-3-26-18-8-6-15(7-9-18)10-17(20(24)25)13-22-19(23)11-16-5-4-14(2)21-12-16/h4-9,12,17H,3,10-11,13H2,1-2H3,(H,22,23)(H,24,25). The van der Waals surface area contributed by atoms with Crippen LogP contribution in [0.5, 0.6) is 5.75 Å². The highest BCUT2D eigenvalue weighted by Gasteiger charge is 2.19. The molecule has 6 nitrogen and oxygen atoms in total.